The molecule has 0 saturated carbocycles. The maximum atomic E-state index is 13.9. The number of nitriles is 1. The maximum Gasteiger partial charge on any atom is 0.266 e. The van der Waals surface area contributed by atoms with Gasteiger partial charge in [0, 0.05) is 49.2 Å². The zero-order valence-corrected chi connectivity index (χ0v) is 17.6. The standard InChI is InChI=1S/C23H21F3N6O/c1-14(8-21(25)26)31-22-9-20(16(10-27)13-30-22)32-7-6-19(17(11-28)23(32)33)29-12-15-4-2-3-5-18(15)24/h2-7,9,11,13-14,21,28-29H,8,12H2,1H3,(H,30,31). The first kappa shape index (κ1) is 23.5. The highest BCUT2D eigenvalue weighted by Gasteiger charge is 2.16. The van der Waals surface area contributed by atoms with Crippen LogP contribution in [0.3, 0.4) is 0 Å². The van der Waals surface area contributed by atoms with E-state index in [0.29, 0.717) is 11.3 Å². The second kappa shape index (κ2) is 10.5. The molecule has 3 N–H and O–H groups in total. The van der Waals surface area contributed by atoms with Crippen molar-refractivity contribution >= 4 is 17.7 Å². The van der Waals surface area contributed by atoms with Crippen molar-refractivity contribution in [3.05, 3.63) is 81.7 Å². The lowest BCUT2D eigenvalue weighted by Crippen LogP contribution is -2.25. The number of alkyl halides is 2. The molecule has 10 heteroatoms. The van der Waals surface area contributed by atoms with Gasteiger partial charge in [-0.05, 0) is 19.1 Å². The summed E-state index contributed by atoms with van der Waals surface area (Å²) in [5.41, 5.74) is 0.422. The fourth-order valence-electron chi connectivity index (χ4n) is 3.25. The summed E-state index contributed by atoms with van der Waals surface area (Å²) in [6, 6.07) is 10.5. The molecule has 7 nitrogen and oxygen atoms in total. The third-order valence-electron chi connectivity index (χ3n) is 4.89. The van der Waals surface area contributed by atoms with Crippen molar-refractivity contribution in [1.29, 1.82) is 10.7 Å². The van der Waals surface area contributed by atoms with E-state index in [4.69, 9.17) is 5.41 Å². The third-order valence-corrected chi connectivity index (χ3v) is 4.89. The highest BCUT2D eigenvalue weighted by Crippen LogP contribution is 2.20. The van der Waals surface area contributed by atoms with E-state index in [1.165, 1.54) is 35.2 Å². The number of nitrogens with one attached hydrogen (secondary N) is 3. The molecule has 0 spiro atoms. The topological polar surface area (TPSA) is 107 Å². The van der Waals surface area contributed by atoms with Gasteiger partial charge >= 0.3 is 0 Å². The summed E-state index contributed by atoms with van der Waals surface area (Å²) in [5.74, 6) is -0.173. The number of pyridine rings is 2. The molecule has 3 rings (SSSR count). The van der Waals surface area contributed by atoms with Gasteiger partial charge in [-0.2, -0.15) is 5.26 Å². The van der Waals surface area contributed by atoms with Crippen molar-refractivity contribution in [3.8, 4) is 11.8 Å². The largest absolute Gasteiger partial charge is 0.380 e. The van der Waals surface area contributed by atoms with Gasteiger partial charge in [0.25, 0.3) is 5.56 Å². The highest BCUT2D eigenvalue weighted by atomic mass is 19.3. The molecule has 0 saturated heterocycles. The summed E-state index contributed by atoms with van der Waals surface area (Å²) in [5, 5.41) is 22.9. The van der Waals surface area contributed by atoms with Crippen LogP contribution in [0.15, 0.2) is 53.6 Å². The SMILES string of the molecule is CC(CC(F)F)Nc1cc(-n2ccc(NCc3ccccc3F)c(C=N)c2=O)c(C#N)cn1. The zero-order chi connectivity index (χ0) is 24.0. The average Bonchev–Trinajstić information content (AvgIpc) is 2.78. The molecule has 1 unspecified atom stereocenters. The average molecular weight is 454 g/mol. The van der Waals surface area contributed by atoms with Crippen LogP contribution in [0.1, 0.15) is 30.0 Å². The van der Waals surface area contributed by atoms with Crippen molar-refractivity contribution in [2.45, 2.75) is 32.4 Å². The predicted molar refractivity (Wildman–Crippen MR) is 120 cm³/mol. The number of aromatic nitrogens is 2. The summed E-state index contributed by atoms with van der Waals surface area (Å²) < 4.78 is 40.3. The number of rotatable bonds is 9. The second-order valence-electron chi connectivity index (χ2n) is 7.28. The third kappa shape index (κ3) is 5.57. The molecule has 0 amide bonds. The lowest BCUT2D eigenvalue weighted by atomic mass is 10.1. The summed E-state index contributed by atoms with van der Waals surface area (Å²) in [4.78, 5) is 17.2. The van der Waals surface area contributed by atoms with Crippen LogP contribution in [0.5, 0.6) is 0 Å². The molecule has 0 aliphatic carbocycles. The van der Waals surface area contributed by atoms with Gasteiger partial charge in [0.1, 0.15) is 17.7 Å². The van der Waals surface area contributed by atoms with Crippen molar-refractivity contribution in [3.63, 3.8) is 0 Å². The van der Waals surface area contributed by atoms with Crippen molar-refractivity contribution in [1.82, 2.24) is 9.55 Å². The fourth-order valence-corrected chi connectivity index (χ4v) is 3.25. The lowest BCUT2D eigenvalue weighted by Gasteiger charge is -2.17. The minimum atomic E-state index is -2.49. The van der Waals surface area contributed by atoms with Gasteiger partial charge in [-0.15, -0.1) is 0 Å². The van der Waals surface area contributed by atoms with E-state index in [0.717, 1.165) is 6.21 Å². The van der Waals surface area contributed by atoms with Crippen LogP contribution >= 0.6 is 0 Å². The normalized spacial score (nSPS) is 11.6. The maximum absolute atomic E-state index is 13.9. The van der Waals surface area contributed by atoms with Crippen LogP contribution in [0.2, 0.25) is 0 Å². The number of nitrogens with zero attached hydrogens (tertiary/aromatic N) is 3. The summed E-state index contributed by atoms with van der Waals surface area (Å²) in [6.45, 7) is 1.67. The van der Waals surface area contributed by atoms with E-state index >= 15 is 0 Å². The van der Waals surface area contributed by atoms with E-state index < -0.39 is 30.3 Å². The summed E-state index contributed by atoms with van der Waals surface area (Å²) in [6.07, 6.45) is 0.652. The van der Waals surface area contributed by atoms with Gasteiger partial charge in [-0.25, -0.2) is 18.2 Å². The van der Waals surface area contributed by atoms with Crippen LogP contribution in [0, 0.1) is 22.6 Å². The monoisotopic (exact) mass is 454 g/mol. The molecule has 0 fully saturated rings. The molecule has 33 heavy (non-hydrogen) atoms. The Bertz CT molecular complexity index is 1250. The zero-order valence-electron chi connectivity index (χ0n) is 17.6. The molecule has 170 valence electrons. The minimum absolute atomic E-state index is 0.00937. The van der Waals surface area contributed by atoms with E-state index in [9.17, 15) is 23.2 Å². The number of hydrogen-bond acceptors (Lipinski definition) is 6. The molecular formula is C23H21F3N6O. The summed E-state index contributed by atoms with van der Waals surface area (Å²) >= 11 is 0. The summed E-state index contributed by atoms with van der Waals surface area (Å²) in [7, 11) is 0. The molecule has 0 radical (unpaired) electrons. The van der Waals surface area contributed by atoms with E-state index in [-0.39, 0.29) is 29.2 Å². The first-order valence-electron chi connectivity index (χ1n) is 10.0. The number of benzene rings is 1. The van der Waals surface area contributed by atoms with Crippen LogP contribution in [-0.2, 0) is 6.54 Å². The molecule has 1 atom stereocenters. The lowest BCUT2D eigenvalue weighted by molar-refractivity contribution is 0.133. The Hall–Kier alpha value is -4.13. The van der Waals surface area contributed by atoms with Gasteiger partial charge < -0.3 is 16.0 Å². The Morgan fingerprint density at radius 3 is 2.73 bits per heavy atom. The van der Waals surface area contributed by atoms with Gasteiger partial charge in [-0.1, -0.05) is 18.2 Å². The van der Waals surface area contributed by atoms with Gasteiger partial charge in [0.15, 0.2) is 0 Å². The molecule has 1 aromatic carbocycles. The second-order valence-corrected chi connectivity index (χ2v) is 7.28. The van der Waals surface area contributed by atoms with Crippen LogP contribution in [-0.4, -0.2) is 28.2 Å². The Morgan fingerprint density at radius 1 is 1.30 bits per heavy atom. The quantitative estimate of drug-likeness (QED) is 0.418. The highest BCUT2D eigenvalue weighted by molar-refractivity contribution is 5.85. The molecule has 0 aliphatic rings. The molecule has 2 aromatic heterocycles. The van der Waals surface area contributed by atoms with Crippen LogP contribution in [0.25, 0.3) is 5.69 Å². The Kier molecular flexibility index (Phi) is 7.46. The Morgan fingerprint density at radius 2 is 2.06 bits per heavy atom. The van der Waals surface area contributed by atoms with Crippen LogP contribution < -0.4 is 16.2 Å². The van der Waals surface area contributed by atoms with Crippen molar-refractivity contribution in [2.24, 2.45) is 0 Å². The molecule has 0 aliphatic heterocycles. The van der Waals surface area contributed by atoms with Crippen LogP contribution in [0.4, 0.5) is 24.7 Å². The fraction of sp³-hybridized carbons (Fsp3) is 0.217. The Labute approximate surface area is 188 Å². The van der Waals surface area contributed by atoms with Gasteiger partial charge in [-0.3, -0.25) is 9.36 Å². The first-order valence-corrected chi connectivity index (χ1v) is 10.0. The van der Waals surface area contributed by atoms with Crippen molar-refractivity contribution < 1.29 is 13.2 Å². The van der Waals surface area contributed by atoms with E-state index in [2.05, 4.69) is 15.6 Å². The Balaban J connectivity index is 1.95. The first-order chi connectivity index (χ1) is 15.8. The van der Waals surface area contributed by atoms with Gasteiger partial charge in [0.2, 0.25) is 6.43 Å². The number of hydrogen-bond donors (Lipinski definition) is 3. The molecule has 3 aromatic rings. The smallest absolute Gasteiger partial charge is 0.266 e. The molecule has 0 bridgehead atoms. The van der Waals surface area contributed by atoms with Crippen molar-refractivity contribution in [2.75, 3.05) is 10.6 Å². The number of anilines is 2. The molecule has 2 heterocycles. The molecular weight excluding hydrogens is 433 g/mol. The predicted octanol–water partition coefficient (Wildman–Crippen LogP) is 4.31. The van der Waals surface area contributed by atoms with Gasteiger partial charge in [0.05, 0.1) is 22.5 Å². The minimum Gasteiger partial charge on any atom is -0.380 e. The number of halogens is 3. The van der Waals surface area contributed by atoms with E-state index in [1.807, 2.05) is 6.07 Å². The van der Waals surface area contributed by atoms with E-state index in [1.54, 1.807) is 25.1 Å².